The number of thiophene rings is 1. The van der Waals surface area contributed by atoms with Crippen molar-refractivity contribution in [2.75, 3.05) is 11.4 Å². The van der Waals surface area contributed by atoms with Gasteiger partial charge in [0.2, 0.25) is 5.91 Å². The Morgan fingerprint density at radius 3 is 2.56 bits per heavy atom. The van der Waals surface area contributed by atoms with Crippen molar-refractivity contribution in [2.45, 2.75) is 43.9 Å². The number of aromatic nitrogens is 2. The van der Waals surface area contributed by atoms with E-state index in [0.717, 1.165) is 22.6 Å². The summed E-state index contributed by atoms with van der Waals surface area (Å²) in [4.78, 5) is 15.4. The molecule has 0 aromatic carbocycles. The second kappa shape index (κ2) is 6.54. The molecule has 0 bridgehead atoms. The Morgan fingerprint density at radius 1 is 1.28 bits per heavy atom. The number of anilines is 1. The van der Waals surface area contributed by atoms with Crippen LogP contribution in [0.15, 0.2) is 16.3 Å². The fourth-order valence-electron chi connectivity index (χ4n) is 2.98. The van der Waals surface area contributed by atoms with Gasteiger partial charge in [0.15, 0.2) is 0 Å². The lowest BCUT2D eigenvalue weighted by Gasteiger charge is -2.32. The lowest BCUT2D eigenvalue weighted by atomic mass is 10.1. The lowest BCUT2D eigenvalue weighted by Crippen LogP contribution is -2.52. The van der Waals surface area contributed by atoms with Crippen LogP contribution in [0, 0.1) is 20.8 Å². The predicted octanol–water partition coefficient (Wildman–Crippen LogP) is 1.88. The molecule has 25 heavy (non-hydrogen) atoms. The van der Waals surface area contributed by atoms with Gasteiger partial charge in [-0.15, -0.1) is 11.3 Å². The molecule has 1 N–H and O–H groups in total. The van der Waals surface area contributed by atoms with Gasteiger partial charge < -0.3 is 0 Å². The summed E-state index contributed by atoms with van der Waals surface area (Å²) in [6.45, 7) is 6.19. The number of nitrogens with one attached hydrogen (secondary N) is 1. The van der Waals surface area contributed by atoms with E-state index in [1.54, 1.807) is 22.7 Å². The number of hydrogen-bond donors (Lipinski definition) is 1. The minimum absolute atomic E-state index is 0.233. The van der Waals surface area contributed by atoms with Gasteiger partial charge in [-0.2, -0.15) is 9.82 Å². The molecule has 2 aromatic heterocycles. The fraction of sp³-hybridized carbons (Fsp3) is 0.500. The van der Waals surface area contributed by atoms with Crippen LogP contribution in [0.1, 0.15) is 29.0 Å². The number of hydrogen-bond acceptors (Lipinski definition) is 5. The van der Waals surface area contributed by atoms with Crippen molar-refractivity contribution in [1.82, 2.24) is 14.5 Å². The van der Waals surface area contributed by atoms with Gasteiger partial charge >= 0.3 is 0 Å². The smallest absolute Gasteiger partial charge is 0.250 e. The fourth-order valence-corrected chi connectivity index (χ4v) is 5.74. The summed E-state index contributed by atoms with van der Waals surface area (Å²) in [5, 5.41) is 4.27. The Bertz CT molecular complexity index is 894. The molecule has 3 heterocycles. The summed E-state index contributed by atoms with van der Waals surface area (Å²) in [7, 11) is -1.93. The van der Waals surface area contributed by atoms with E-state index in [9.17, 15) is 13.2 Å². The first-order valence-corrected chi connectivity index (χ1v) is 10.4. The van der Waals surface area contributed by atoms with Crippen LogP contribution in [0.4, 0.5) is 5.82 Å². The molecule has 1 aliphatic heterocycles. The third-order valence-electron chi connectivity index (χ3n) is 4.40. The molecule has 136 valence electrons. The van der Waals surface area contributed by atoms with Crippen LogP contribution in [-0.4, -0.2) is 36.7 Å². The maximum atomic E-state index is 12.8. The van der Waals surface area contributed by atoms with Crippen molar-refractivity contribution in [3.63, 3.8) is 0 Å². The molecule has 2 aromatic rings. The van der Waals surface area contributed by atoms with Crippen molar-refractivity contribution >= 4 is 33.1 Å². The van der Waals surface area contributed by atoms with Crippen LogP contribution in [0.5, 0.6) is 0 Å². The zero-order valence-corrected chi connectivity index (χ0v) is 16.4. The highest BCUT2D eigenvalue weighted by atomic mass is 32.2. The summed E-state index contributed by atoms with van der Waals surface area (Å²) < 4.78 is 29.8. The Hall–Kier alpha value is -1.71. The standard InChI is InChI=1S/C16H22N4O3S2/c1-10-8-15(24-12(10)3)25(22,23)18-13-6-5-7-20(16(13)21)14-9-11(2)17-19(14)4/h8-9,13,18H,5-7H2,1-4H3/t13-/m0/s1. The summed E-state index contributed by atoms with van der Waals surface area (Å²) in [6.07, 6.45) is 1.22. The molecule has 1 amide bonds. The zero-order chi connectivity index (χ0) is 18.4. The number of nitrogens with zero attached hydrogens (tertiary/aromatic N) is 3. The van der Waals surface area contributed by atoms with Gasteiger partial charge in [0.1, 0.15) is 16.1 Å². The van der Waals surface area contributed by atoms with Crippen LogP contribution in [0.2, 0.25) is 0 Å². The second-order valence-electron chi connectivity index (χ2n) is 6.38. The molecule has 1 fully saturated rings. The van der Waals surface area contributed by atoms with E-state index < -0.39 is 16.1 Å². The number of carbonyl (C=O) groups is 1. The molecule has 0 unspecified atom stereocenters. The average molecular weight is 383 g/mol. The van der Waals surface area contributed by atoms with Crippen molar-refractivity contribution in [2.24, 2.45) is 7.05 Å². The number of rotatable bonds is 4. The SMILES string of the molecule is Cc1cc(N2CCC[C@H](NS(=O)(=O)c3cc(C)c(C)s3)C2=O)n(C)n1. The quantitative estimate of drug-likeness (QED) is 0.875. The Labute approximate surface area is 151 Å². The van der Waals surface area contributed by atoms with Gasteiger partial charge in [0, 0.05) is 24.5 Å². The first kappa shape index (κ1) is 18.1. The number of amides is 1. The minimum atomic E-state index is -3.71. The van der Waals surface area contributed by atoms with E-state index in [4.69, 9.17) is 0 Å². The van der Waals surface area contributed by atoms with Crippen LogP contribution in [0.25, 0.3) is 0 Å². The third-order valence-corrected chi connectivity index (χ3v) is 7.50. The summed E-state index contributed by atoms with van der Waals surface area (Å²) in [6, 6.07) is 2.73. The molecule has 1 aliphatic rings. The highest BCUT2D eigenvalue weighted by Crippen LogP contribution is 2.27. The van der Waals surface area contributed by atoms with Gasteiger partial charge in [-0.3, -0.25) is 14.4 Å². The Morgan fingerprint density at radius 2 is 2.00 bits per heavy atom. The van der Waals surface area contributed by atoms with Crippen molar-refractivity contribution < 1.29 is 13.2 Å². The van der Waals surface area contributed by atoms with E-state index in [2.05, 4.69) is 9.82 Å². The van der Waals surface area contributed by atoms with Crippen molar-refractivity contribution in [3.05, 3.63) is 28.3 Å². The predicted molar refractivity (Wildman–Crippen MR) is 97.4 cm³/mol. The number of carbonyl (C=O) groups excluding carboxylic acids is 1. The summed E-state index contributed by atoms with van der Waals surface area (Å²) >= 11 is 1.22. The van der Waals surface area contributed by atoms with Crippen molar-refractivity contribution in [1.29, 1.82) is 0 Å². The monoisotopic (exact) mass is 382 g/mol. The largest absolute Gasteiger partial charge is 0.296 e. The third kappa shape index (κ3) is 3.49. The minimum Gasteiger partial charge on any atom is -0.296 e. The van der Waals surface area contributed by atoms with Crippen molar-refractivity contribution in [3.8, 4) is 0 Å². The number of aryl methyl sites for hydroxylation is 4. The molecule has 1 saturated heterocycles. The van der Waals surface area contributed by atoms with Crippen LogP contribution >= 0.6 is 11.3 Å². The Kier molecular flexibility index (Phi) is 4.74. The molecule has 7 nitrogen and oxygen atoms in total. The number of sulfonamides is 1. The van der Waals surface area contributed by atoms with Crippen LogP contribution in [-0.2, 0) is 21.9 Å². The molecular weight excluding hydrogens is 360 g/mol. The summed E-state index contributed by atoms with van der Waals surface area (Å²) in [5.41, 5.74) is 1.75. The first-order chi connectivity index (χ1) is 11.7. The molecule has 9 heteroatoms. The van der Waals surface area contributed by atoms with E-state index in [1.165, 1.54) is 11.3 Å². The average Bonchev–Trinajstić information content (AvgIpc) is 3.04. The molecule has 1 atom stereocenters. The highest BCUT2D eigenvalue weighted by Gasteiger charge is 2.34. The van der Waals surface area contributed by atoms with E-state index >= 15 is 0 Å². The van der Waals surface area contributed by atoms with Crippen LogP contribution < -0.4 is 9.62 Å². The zero-order valence-electron chi connectivity index (χ0n) is 14.7. The number of piperidine rings is 1. The summed E-state index contributed by atoms with van der Waals surface area (Å²) in [5.74, 6) is 0.456. The van der Waals surface area contributed by atoms with Gasteiger partial charge in [-0.25, -0.2) is 8.42 Å². The highest BCUT2D eigenvalue weighted by molar-refractivity contribution is 7.91. The maximum Gasteiger partial charge on any atom is 0.250 e. The van der Waals surface area contributed by atoms with E-state index in [1.807, 2.05) is 26.8 Å². The van der Waals surface area contributed by atoms with Gasteiger partial charge in [-0.1, -0.05) is 0 Å². The first-order valence-electron chi connectivity index (χ1n) is 8.10. The van der Waals surface area contributed by atoms with E-state index in [-0.39, 0.29) is 10.1 Å². The topological polar surface area (TPSA) is 84.3 Å². The maximum absolute atomic E-state index is 12.8. The Balaban J connectivity index is 1.83. The molecule has 0 radical (unpaired) electrons. The molecular formula is C16H22N4O3S2. The van der Waals surface area contributed by atoms with E-state index in [0.29, 0.717) is 18.8 Å². The van der Waals surface area contributed by atoms with Crippen LogP contribution in [0.3, 0.4) is 0 Å². The van der Waals surface area contributed by atoms with Gasteiger partial charge in [-0.05, 0) is 45.2 Å². The molecule has 0 saturated carbocycles. The normalized spacial score (nSPS) is 18.8. The molecule has 3 rings (SSSR count). The second-order valence-corrected chi connectivity index (χ2v) is 9.58. The lowest BCUT2D eigenvalue weighted by molar-refractivity contribution is -0.121. The van der Waals surface area contributed by atoms with Gasteiger partial charge in [0.05, 0.1) is 5.69 Å². The molecule has 0 spiro atoms. The van der Waals surface area contributed by atoms with Gasteiger partial charge in [0.25, 0.3) is 10.0 Å². The molecule has 0 aliphatic carbocycles.